The number of nitrogens with one attached hydrogen (secondary N) is 1. The first-order valence-electron chi connectivity index (χ1n) is 7.13. The molecule has 1 aliphatic carbocycles. The van der Waals surface area contributed by atoms with Crippen LogP contribution in [0.3, 0.4) is 0 Å². The summed E-state index contributed by atoms with van der Waals surface area (Å²) in [5.74, 6) is 1.23. The highest BCUT2D eigenvalue weighted by molar-refractivity contribution is 4.92. The molecule has 0 aliphatic heterocycles. The largest absolute Gasteiger partial charge is 0.333 e. The van der Waals surface area contributed by atoms with E-state index in [0.717, 1.165) is 13.1 Å². The van der Waals surface area contributed by atoms with E-state index >= 15 is 0 Å². The summed E-state index contributed by atoms with van der Waals surface area (Å²) in [4.78, 5) is 4.16. The van der Waals surface area contributed by atoms with Crippen molar-refractivity contribution in [1.29, 1.82) is 0 Å². The maximum atomic E-state index is 5.83. The van der Waals surface area contributed by atoms with E-state index in [9.17, 15) is 0 Å². The third-order valence-electron chi connectivity index (χ3n) is 4.28. The number of nitrogens with two attached hydrogens (primary N) is 1. The normalized spacial score (nSPS) is 25.8. The van der Waals surface area contributed by atoms with Crippen molar-refractivity contribution in [3.05, 3.63) is 18.7 Å². The molecular formula is C14H26N4. The summed E-state index contributed by atoms with van der Waals surface area (Å²) in [5.41, 5.74) is 5.83. The molecule has 4 nitrogen and oxygen atoms in total. The van der Waals surface area contributed by atoms with Crippen LogP contribution in [0.4, 0.5) is 0 Å². The highest BCUT2D eigenvalue weighted by Crippen LogP contribution is 2.30. The van der Waals surface area contributed by atoms with Gasteiger partial charge in [0.15, 0.2) is 0 Å². The van der Waals surface area contributed by atoms with Crippen molar-refractivity contribution in [1.82, 2.24) is 14.9 Å². The Labute approximate surface area is 110 Å². The minimum absolute atomic E-state index is 0.568. The van der Waals surface area contributed by atoms with Crippen LogP contribution in [0, 0.1) is 11.8 Å². The Bertz CT molecular complexity index is 334. The van der Waals surface area contributed by atoms with Crippen LogP contribution in [0.1, 0.15) is 39.2 Å². The molecule has 1 fully saturated rings. The maximum absolute atomic E-state index is 5.83. The van der Waals surface area contributed by atoms with E-state index in [0.29, 0.717) is 23.9 Å². The molecule has 1 aromatic rings. The zero-order chi connectivity index (χ0) is 13.0. The smallest absolute Gasteiger partial charge is 0.0949 e. The third kappa shape index (κ3) is 3.12. The number of hydrogen-bond acceptors (Lipinski definition) is 3. The van der Waals surface area contributed by atoms with Crippen LogP contribution in [0.2, 0.25) is 0 Å². The first-order chi connectivity index (χ1) is 8.72. The number of hydrogen-bond donors (Lipinski definition) is 2. The molecule has 1 saturated carbocycles. The molecule has 18 heavy (non-hydrogen) atoms. The Morgan fingerprint density at radius 3 is 2.89 bits per heavy atom. The fourth-order valence-corrected chi connectivity index (χ4v) is 2.89. The van der Waals surface area contributed by atoms with Crippen molar-refractivity contribution < 1.29 is 0 Å². The molecule has 0 spiro atoms. The summed E-state index contributed by atoms with van der Waals surface area (Å²) < 4.78 is 2.25. The lowest BCUT2D eigenvalue weighted by molar-refractivity contribution is 0.320. The zero-order valence-corrected chi connectivity index (χ0v) is 11.5. The second-order valence-electron chi connectivity index (χ2n) is 5.76. The Kier molecular flexibility index (Phi) is 4.78. The van der Waals surface area contributed by atoms with Crippen LogP contribution in [0.15, 0.2) is 18.7 Å². The molecule has 3 unspecified atom stereocenters. The van der Waals surface area contributed by atoms with E-state index in [1.54, 1.807) is 0 Å². The fourth-order valence-electron chi connectivity index (χ4n) is 2.89. The average Bonchev–Trinajstić information content (AvgIpc) is 2.99. The standard InChI is InChI=1S/C14H26N4/c1-11(2)12(8-15)9-17-13-4-3-5-14(13)18-7-6-16-10-18/h6-7,10-14,17H,3-5,8-9,15H2,1-2H3. The molecule has 0 radical (unpaired) electrons. The second-order valence-corrected chi connectivity index (χ2v) is 5.76. The summed E-state index contributed by atoms with van der Waals surface area (Å²) in [6.45, 7) is 6.31. The van der Waals surface area contributed by atoms with E-state index in [2.05, 4.69) is 34.9 Å². The van der Waals surface area contributed by atoms with Crippen molar-refractivity contribution in [3.63, 3.8) is 0 Å². The molecule has 1 aliphatic rings. The van der Waals surface area contributed by atoms with Crippen LogP contribution in [-0.4, -0.2) is 28.7 Å². The van der Waals surface area contributed by atoms with Gasteiger partial charge in [0.05, 0.1) is 6.33 Å². The predicted molar refractivity (Wildman–Crippen MR) is 74.3 cm³/mol. The minimum Gasteiger partial charge on any atom is -0.333 e. The van der Waals surface area contributed by atoms with Crippen molar-refractivity contribution >= 4 is 0 Å². The van der Waals surface area contributed by atoms with Crippen LogP contribution in [-0.2, 0) is 0 Å². The van der Waals surface area contributed by atoms with E-state index in [4.69, 9.17) is 5.73 Å². The van der Waals surface area contributed by atoms with Gasteiger partial charge in [-0.25, -0.2) is 4.98 Å². The van der Waals surface area contributed by atoms with Gasteiger partial charge < -0.3 is 15.6 Å². The number of rotatable bonds is 6. The Balaban J connectivity index is 1.88. The molecule has 102 valence electrons. The molecule has 0 saturated heterocycles. The van der Waals surface area contributed by atoms with Crippen LogP contribution in [0.5, 0.6) is 0 Å². The van der Waals surface area contributed by atoms with Crippen molar-refractivity contribution in [3.8, 4) is 0 Å². The molecule has 4 heteroatoms. The van der Waals surface area contributed by atoms with Gasteiger partial charge in [-0.1, -0.05) is 13.8 Å². The summed E-state index contributed by atoms with van der Waals surface area (Å²) in [6.07, 6.45) is 9.70. The lowest BCUT2D eigenvalue weighted by Crippen LogP contribution is -2.40. The average molecular weight is 250 g/mol. The summed E-state index contributed by atoms with van der Waals surface area (Å²) in [5, 5.41) is 3.72. The highest BCUT2D eigenvalue weighted by Gasteiger charge is 2.28. The SMILES string of the molecule is CC(C)C(CN)CNC1CCCC1n1ccnc1. The van der Waals surface area contributed by atoms with Gasteiger partial charge >= 0.3 is 0 Å². The van der Waals surface area contributed by atoms with Gasteiger partial charge in [0.2, 0.25) is 0 Å². The second kappa shape index (κ2) is 6.34. The van der Waals surface area contributed by atoms with Crippen LogP contribution < -0.4 is 11.1 Å². The Morgan fingerprint density at radius 2 is 2.28 bits per heavy atom. The number of nitrogens with zero attached hydrogens (tertiary/aromatic N) is 2. The molecule has 1 heterocycles. The summed E-state index contributed by atoms with van der Waals surface area (Å²) in [7, 11) is 0. The van der Waals surface area contributed by atoms with Crippen molar-refractivity contribution in [2.24, 2.45) is 17.6 Å². The monoisotopic (exact) mass is 250 g/mol. The summed E-state index contributed by atoms with van der Waals surface area (Å²) in [6, 6.07) is 1.14. The lowest BCUT2D eigenvalue weighted by atomic mass is 9.95. The first-order valence-corrected chi connectivity index (χ1v) is 7.13. The third-order valence-corrected chi connectivity index (χ3v) is 4.28. The van der Waals surface area contributed by atoms with Crippen molar-refractivity contribution in [2.45, 2.75) is 45.2 Å². The highest BCUT2D eigenvalue weighted by atomic mass is 15.1. The molecular weight excluding hydrogens is 224 g/mol. The fraction of sp³-hybridized carbons (Fsp3) is 0.786. The molecule has 0 bridgehead atoms. The molecule has 2 rings (SSSR count). The van der Waals surface area contributed by atoms with Gasteiger partial charge in [-0.15, -0.1) is 0 Å². The molecule has 3 N–H and O–H groups in total. The maximum Gasteiger partial charge on any atom is 0.0949 e. The van der Waals surface area contributed by atoms with Gasteiger partial charge in [0.1, 0.15) is 0 Å². The van der Waals surface area contributed by atoms with Gasteiger partial charge in [-0.2, -0.15) is 0 Å². The van der Waals surface area contributed by atoms with Crippen molar-refractivity contribution in [2.75, 3.05) is 13.1 Å². The van der Waals surface area contributed by atoms with Crippen LogP contribution in [0.25, 0.3) is 0 Å². The lowest BCUT2D eigenvalue weighted by Gasteiger charge is -2.26. The predicted octanol–water partition coefficient (Wildman–Crippen LogP) is 1.80. The Hall–Kier alpha value is -0.870. The van der Waals surface area contributed by atoms with Gasteiger partial charge in [-0.3, -0.25) is 0 Å². The van der Waals surface area contributed by atoms with Gasteiger partial charge in [0, 0.05) is 24.5 Å². The van der Waals surface area contributed by atoms with E-state index in [1.165, 1.54) is 19.3 Å². The zero-order valence-electron chi connectivity index (χ0n) is 11.5. The molecule has 3 atom stereocenters. The number of aromatic nitrogens is 2. The summed E-state index contributed by atoms with van der Waals surface area (Å²) >= 11 is 0. The minimum atomic E-state index is 0.568. The first kappa shape index (κ1) is 13.6. The van der Waals surface area contributed by atoms with Gasteiger partial charge in [0.25, 0.3) is 0 Å². The molecule has 0 amide bonds. The quantitative estimate of drug-likeness (QED) is 0.809. The number of imidazole rings is 1. The van der Waals surface area contributed by atoms with E-state index in [-0.39, 0.29) is 0 Å². The Morgan fingerprint density at radius 1 is 1.44 bits per heavy atom. The van der Waals surface area contributed by atoms with Crippen LogP contribution >= 0.6 is 0 Å². The van der Waals surface area contributed by atoms with E-state index < -0.39 is 0 Å². The van der Waals surface area contributed by atoms with E-state index in [1.807, 2.05) is 12.5 Å². The molecule has 1 aromatic heterocycles. The van der Waals surface area contributed by atoms with Gasteiger partial charge in [-0.05, 0) is 44.2 Å². The topological polar surface area (TPSA) is 55.9 Å². The molecule has 0 aromatic carbocycles.